The van der Waals surface area contributed by atoms with E-state index < -0.39 is 17.8 Å². The Balaban J connectivity index is 1.47. The molecule has 1 aliphatic heterocycles. The van der Waals surface area contributed by atoms with Gasteiger partial charge in [0, 0.05) is 22.7 Å². The number of carbonyl (C=O) groups is 3. The summed E-state index contributed by atoms with van der Waals surface area (Å²) in [5.74, 6) is -0.964. The van der Waals surface area contributed by atoms with Crippen molar-refractivity contribution in [1.29, 1.82) is 0 Å². The molecule has 0 bridgehead atoms. The van der Waals surface area contributed by atoms with Crippen LogP contribution in [0, 0.1) is 0 Å². The molecule has 1 aliphatic rings. The molecule has 0 saturated carbocycles. The molecule has 1 fully saturated rings. The van der Waals surface area contributed by atoms with E-state index in [4.69, 9.17) is 17.0 Å². The summed E-state index contributed by atoms with van der Waals surface area (Å²) in [6.45, 7) is -0.253. The van der Waals surface area contributed by atoms with E-state index in [0.29, 0.717) is 33.7 Å². The SMILES string of the molecule is O=C(O)Cn1cc(C=C2C(=O)NC(=S)N(c3ccc(Oc4ccccc4)cc3)C2=O)c2ccccc21. The molecule has 0 spiro atoms. The van der Waals surface area contributed by atoms with E-state index in [-0.39, 0.29) is 17.2 Å². The topological polar surface area (TPSA) is 101 Å². The highest BCUT2D eigenvalue weighted by Gasteiger charge is 2.34. The minimum absolute atomic E-state index is 0.0350. The van der Waals surface area contributed by atoms with Crippen LogP contribution in [0.25, 0.3) is 17.0 Å². The standard InChI is InChI=1S/C27H19N3O5S/c31-24(32)16-29-15-17(21-8-4-5-9-23(21)29)14-22-25(33)28-27(36)30(26(22)34)18-10-12-20(13-11-18)35-19-6-2-1-3-7-19/h1-15H,16H2,(H,31,32)(H,28,33,36). The van der Waals surface area contributed by atoms with Gasteiger partial charge in [0.25, 0.3) is 11.8 Å². The number of hydrogen-bond donors (Lipinski definition) is 2. The summed E-state index contributed by atoms with van der Waals surface area (Å²) >= 11 is 5.29. The van der Waals surface area contributed by atoms with E-state index in [1.807, 2.05) is 30.3 Å². The maximum absolute atomic E-state index is 13.4. The van der Waals surface area contributed by atoms with Crippen molar-refractivity contribution >= 4 is 57.8 Å². The van der Waals surface area contributed by atoms with Gasteiger partial charge in [0.05, 0.1) is 5.69 Å². The van der Waals surface area contributed by atoms with Gasteiger partial charge < -0.3 is 14.4 Å². The molecule has 3 aromatic carbocycles. The van der Waals surface area contributed by atoms with Crippen molar-refractivity contribution < 1.29 is 24.2 Å². The Kier molecular flexibility index (Phi) is 6.05. The largest absolute Gasteiger partial charge is 0.480 e. The molecule has 0 atom stereocenters. The van der Waals surface area contributed by atoms with Crippen molar-refractivity contribution in [3.63, 3.8) is 0 Å². The smallest absolute Gasteiger partial charge is 0.323 e. The molecule has 36 heavy (non-hydrogen) atoms. The predicted octanol–water partition coefficient (Wildman–Crippen LogP) is 4.35. The molecule has 8 nitrogen and oxygen atoms in total. The predicted molar refractivity (Wildman–Crippen MR) is 139 cm³/mol. The fourth-order valence-electron chi connectivity index (χ4n) is 4.00. The van der Waals surface area contributed by atoms with Crippen molar-refractivity contribution in [1.82, 2.24) is 9.88 Å². The van der Waals surface area contributed by atoms with Crippen LogP contribution in [-0.4, -0.2) is 32.6 Å². The van der Waals surface area contributed by atoms with E-state index in [1.165, 1.54) is 11.0 Å². The quantitative estimate of drug-likeness (QED) is 0.233. The normalized spacial score (nSPS) is 14.8. The molecular weight excluding hydrogens is 478 g/mol. The zero-order chi connectivity index (χ0) is 25.2. The second-order valence-corrected chi connectivity index (χ2v) is 8.38. The van der Waals surface area contributed by atoms with Gasteiger partial charge in [-0.15, -0.1) is 0 Å². The molecule has 178 valence electrons. The van der Waals surface area contributed by atoms with Crippen LogP contribution in [0.15, 0.2) is 90.6 Å². The van der Waals surface area contributed by atoms with E-state index in [2.05, 4.69) is 5.32 Å². The van der Waals surface area contributed by atoms with Crippen LogP contribution in [0.2, 0.25) is 0 Å². The zero-order valence-corrected chi connectivity index (χ0v) is 19.6. The first kappa shape index (κ1) is 23.0. The number of hydrogen-bond acceptors (Lipinski definition) is 5. The second-order valence-electron chi connectivity index (χ2n) is 7.99. The average molecular weight is 498 g/mol. The number of aromatic nitrogens is 1. The molecule has 1 saturated heterocycles. The van der Waals surface area contributed by atoms with Crippen molar-refractivity contribution in [2.75, 3.05) is 4.90 Å². The Labute approximate surface area is 211 Å². The lowest BCUT2D eigenvalue weighted by molar-refractivity contribution is -0.137. The van der Waals surface area contributed by atoms with Crippen LogP contribution in [0.1, 0.15) is 5.56 Å². The lowest BCUT2D eigenvalue weighted by Gasteiger charge is -2.29. The summed E-state index contributed by atoms with van der Waals surface area (Å²) in [5, 5.41) is 12.5. The van der Waals surface area contributed by atoms with E-state index in [9.17, 15) is 19.5 Å². The fourth-order valence-corrected chi connectivity index (χ4v) is 4.28. The molecule has 0 radical (unpaired) electrons. The number of aliphatic carboxylic acids is 1. The molecule has 0 unspecified atom stereocenters. The Morgan fingerprint density at radius 2 is 1.61 bits per heavy atom. The minimum atomic E-state index is -1.00. The van der Waals surface area contributed by atoms with Gasteiger partial charge in [0.15, 0.2) is 5.11 Å². The minimum Gasteiger partial charge on any atom is -0.480 e. The van der Waals surface area contributed by atoms with Crippen LogP contribution in [0.5, 0.6) is 11.5 Å². The number of ether oxygens (including phenoxy) is 1. The molecule has 4 aromatic rings. The van der Waals surface area contributed by atoms with Crippen molar-refractivity contribution in [3.05, 3.63) is 96.2 Å². The first-order valence-electron chi connectivity index (χ1n) is 10.9. The molecule has 2 amide bonds. The van der Waals surface area contributed by atoms with Gasteiger partial charge in [-0.3, -0.25) is 24.6 Å². The van der Waals surface area contributed by atoms with E-state index in [1.54, 1.807) is 59.3 Å². The number of carboxylic acids is 1. The van der Waals surface area contributed by atoms with Gasteiger partial charge in [-0.05, 0) is 60.8 Å². The molecule has 1 aromatic heterocycles. The van der Waals surface area contributed by atoms with Crippen molar-refractivity contribution in [2.45, 2.75) is 6.54 Å². The second kappa shape index (κ2) is 9.47. The number of rotatable bonds is 6. The number of nitrogens with zero attached hydrogens (tertiary/aromatic N) is 2. The number of carbonyl (C=O) groups excluding carboxylic acids is 2. The molecule has 5 rings (SSSR count). The highest BCUT2D eigenvalue weighted by atomic mass is 32.1. The summed E-state index contributed by atoms with van der Waals surface area (Å²) in [6, 6.07) is 23.2. The van der Waals surface area contributed by atoms with Crippen LogP contribution < -0.4 is 15.0 Å². The number of fused-ring (bicyclic) bond motifs is 1. The molecule has 0 aliphatic carbocycles. The molecule has 2 N–H and O–H groups in total. The number of benzene rings is 3. The van der Waals surface area contributed by atoms with Crippen LogP contribution in [0.4, 0.5) is 5.69 Å². The maximum Gasteiger partial charge on any atom is 0.323 e. The van der Waals surface area contributed by atoms with Gasteiger partial charge in [0.1, 0.15) is 23.6 Å². The first-order chi connectivity index (χ1) is 17.4. The summed E-state index contributed by atoms with van der Waals surface area (Å²) in [7, 11) is 0. The lowest BCUT2D eigenvalue weighted by Crippen LogP contribution is -2.54. The van der Waals surface area contributed by atoms with Gasteiger partial charge in [-0.25, -0.2) is 0 Å². The lowest BCUT2D eigenvalue weighted by atomic mass is 10.1. The van der Waals surface area contributed by atoms with Gasteiger partial charge >= 0.3 is 5.97 Å². The number of thiocarbonyl (C=S) groups is 1. The number of para-hydroxylation sites is 2. The van der Waals surface area contributed by atoms with E-state index >= 15 is 0 Å². The third kappa shape index (κ3) is 4.47. The van der Waals surface area contributed by atoms with Crippen LogP contribution >= 0.6 is 12.2 Å². The number of nitrogens with one attached hydrogen (secondary N) is 1. The highest BCUT2D eigenvalue weighted by molar-refractivity contribution is 7.80. The number of carboxylic acid groups (broad SMARTS) is 1. The monoisotopic (exact) mass is 497 g/mol. The van der Waals surface area contributed by atoms with Crippen molar-refractivity contribution in [3.8, 4) is 11.5 Å². The third-order valence-corrected chi connectivity index (χ3v) is 5.88. The Morgan fingerprint density at radius 1 is 0.944 bits per heavy atom. The number of amides is 2. The summed E-state index contributed by atoms with van der Waals surface area (Å²) < 4.78 is 7.36. The number of anilines is 1. The first-order valence-corrected chi connectivity index (χ1v) is 11.4. The van der Waals surface area contributed by atoms with Gasteiger partial charge in [0.2, 0.25) is 0 Å². The fraction of sp³-hybridized carbons (Fsp3) is 0.0370. The molecular formula is C27H19N3O5S. The highest BCUT2D eigenvalue weighted by Crippen LogP contribution is 2.29. The van der Waals surface area contributed by atoms with Crippen LogP contribution in [-0.2, 0) is 20.9 Å². The third-order valence-electron chi connectivity index (χ3n) is 5.60. The zero-order valence-electron chi connectivity index (χ0n) is 18.8. The average Bonchev–Trinajstić information content (AvgIpc) is 3.20. The summed E-state index contributed by atoms with van der Waals surface area (Å²) in [5.41, 5.74) is 1.57. The van der Waals surface area contributed by atoms with Crippen LogP contribution in [0.3, 0.4) is 0 Å². The molecule has 2 heterocycles. The van der Waals surface area contributed by atoms with E-state index in [0.717, 1.165) is 0 Å². The summed E-state index contributed by atoms with van der Waals surface area (Å²) in [6.07, 6.45) is 3.07. The van der Waals surface area contributed by atoms with Gasteiger partial charge in [-0.1, -0.05) is 36.4 Å². The van der Waals surface area contributed by atoms with Gasteiger partial charge in [-0.2, -0.15) is 0 Å². The maximum atomic E-state index is 13.4. The Hall–Kier alpha value is -4.76. The molecule has 9 heteroatoms. The Bertz CT molecular complexity index is 1540. The Morgan fingerprint density at radius 3 is 2.33 bits per heavy atom. The van der Waals surface area contributed by atoms with Crippen molar-refractivity contribution in [2.24, 2.45) is 0 Å². The summed E-state index contributed by atoms with van der Waals surface area (Å²) in [4.78, 5) is 38.7.